The molecule has 3 aromatic rings. The van der Waals surface area contributed by atoms with Gasteiger partial charge in [0.2, 0.25) is 0 Å². The zero-order valence-electron chi connectivity index (χ0n) is 21.3. The monoisotopic (exact) mass is 496 g/mol. The Balaban J connectivity index is 1.87. The summed E-state index contributed by atoms with van der Waals surface area (Å²) in [5.74, 6) is 1.50. The zero-order chi connectivity index (χ0) is 25.3. The van der Waals surface area contributed by atoms with E-state index in [-0.39, 0.29) is 0 Å². The van der Waals surface area contributed by atoms with Crippen LogP contribution in [0, 0.1) is 27.7 Å². The molecule has 0 bridgehead atoms. The average molecular weight is 497 g/mol. The number of aryl methyl sites for hydroxylation is 4. The van der Waals surface area contributed by atoms with Crippen LogP contribution in [0.5, 0.6) is 11.5 Å². The van der Waals surface area contributed by atoms with Crippen LogP contribution in [0.1, 0.15) is 49.9 Å². The van der Waals surface area contributed by atoms with Gasteiger partial charge in [0.05, 0.1) is 0 Å². The van der Waals surface area contributed by atoms with Gasteiger partial charge in [0.1, 0.15) is 11.5 Å². The lowest BCUT2D eigenvalue weighted by atomic mass is 10.1. The number of hydrogen-bond donors (Lipinski definition) is 0. The maximum Gasteiger partial charge on any atom is 0.423 e. The highest BCUT2D eigenvalue weighted by atomic mass is 31.1. The fourth-order valence-corrected chi connectivity index (χ4v) is 6.52. The largest absolute Gasteiger partial charge is 0.444 e. The zero-order valence-corrected chi connectivity index (χ0v) is 23.1. The van der Waals surface area contributed by atoms with Gasteiger partial charge in [0.25, 0.3) is 0 Å². The molecule has 0 aliphatic rings. The predicted molar refractivity (Wildman–Crippen MR) is 142 cm³/mol. The lowest BCUT2D eigenvalue weighted by Gasteiger charge is -2.20. The molecule has 0 aromatic heterocycles. The minimum Gasteiger partial charge on any atom is -0.444 e. The van der Waals surface area contributed by atoms with Gasteiger partial charge in [0, 0.05) is 33.8 Å². The fourth-order valence-electron chi connectivity index (χ4n) is 3.87. The van der Waals surface area contributed by atoms with Gasteiger partial charge in [-0.15, -0.1) is 0 Å². The smallest absolute Gasteiger partial charge is 0.423 e. The summed E-state index contributed by atoms with van der Waals surface area (Å²) < 4.78 is 39.7. The van der Waals surface area contributed by atoms with E-state index in [1.165, 1.54) is 0 Å². The van der Waals surface area contributed by atoms with Crippen molar-refractivity contribution in [3.8, 4) is 11.5 Å². The maximum atomic E-state index is 13.6. The van der Waals surface area contributed by atoms with Gasteiger partial charge in [-0.1, -0.05) is 51.6 Å². The van der Waals surface area contributed by atoms with Crippen molar-refractivity contribution in [3.05, 3.63) is 82.9 Å². The summed E-state index contributed by atoms with van der Waals surface area (Å²) in [4.78, 5) is 0. The van der Waals surface area contributed by atoms with Crippen molar-refractivity contribution in [2.75, 3.05) is 0 Å². The van der Waals surface area contributed by atoms with Crippen LogP contribution >= 0.6 is 15.6 Å². The molecule has 0 radical (unpaired) electrons. The molecule has 0 amide bonds. The standard InChI is InChI=1S/C28H34O4P2/c1-19-12-9-13-20(2)25(19)31-27(5,6)33(29)23-16-11-17-24(18-23)34(30)28(7,8)32-26-21(3)14-10-15-22(26)4/h9-18H,1-8H3/q+2. The van der Waals surface area contributed by atoms with Gasteiger partial charge in [-0.05, 0) is 62.1 Å². The fraction of sp³-hybridized carbons (Fsp3) is 0.357. The Kier molecular flexibility index (Phi) is 7.65. The number of benzene rings is 3. The van der Waals surface area contributed by atoms with Gasteiger partial charge in [-0.3, -0.25) is 0 Å². The molecule has 0 fully saturated rings. The van der Waals surface area contributed by atoms with Crippen molar-refractivity contribution in [2.24, 2.45) is 0 Å². The first-order chi connectivity index (χ1) is 15.8. The Morgan fingerprint density at radius 3 is 1.18 bits per heavy atom. The van der Waals surface area contributed by atoms with E-state index in [4.69, 9.17) is 9.47 Å². The SMILES string of the molecule is Cc1cccc(C)c1OC(C)(C)[P+](=O)c1cccc([P+](=O)C(C)(C)Oc2c(C)cccc2C)c1. The van der Waals surface area contributed by atoms with Crippen LogP contribution in [-0.2, 0) is 9.13 Å². The van der Waals surface area contributed by atoms with Crippen LogP contribution in [0.25, 0.3) is 0 Å². The molecule has 0 heterocycles. The second-order valence-corrected chi connectivity index (χ2v) is 14.0. The topological polar surface area (TPSA) is 52.6 Å². The lowest BCUT2D eigenvalue weighted by molar-refractivity contribution is 0.194. The van der Waals surface area contributed by atoms with Crippen LogP contribution in [0.3, 0.4) is 0 Å². The number of rotatable bonds is 8. The Morgan fingerprint density at radius 2 is 0.853 bits per heavy atom. The quantitative estimate of drug-likeness (QED) is 0.304. The molecule has 0 N–H and O–H groups in total. The molecule has 0 saturated heterocycles. The van der Waals surface area contributed by atoms with Crippen LogP contribution in [0.15, 0.2) is 60.7 Å². The Labute approximate surface area is 205 Å². The summed E-state index contributed by atoms with van der Waals surface area (Å²) in [6.45, 7) is 15.3. The van der Waals surface area contributed by atoms with E-state index in [1.807, 2.05) is 91.8 Å². The second-order valence-electron chi connectivity index (χ2n) is 9.65. The Morgan fingerprint density at radius 1 is 0.559 bits per heavy atom. The van der Waals surface area contributed by atoms with Crippen molar-refractivity contribution >= 4 is 26.2 Å². The summed E-state index contributed by atoms with van der Waals surface area (Å²) in [6, 6.07) is 19.1. The lowest BCUT2D eigenvalue weighted by Crippen LogP contribution is -2.30. The molecule has 2 unspecified atom stereocenters. The van der Waals surface area contributed by atoms with E-state index in [9.17, 15) is 9.13 Å². The molecule has 4 nitrogen and oxygen atoms in total. The third-order valence-electron chi connectivity index (χ3n) is 5.80. The molecule has 0 spiro atoms. The van der Waals surface area contributed by atoms with E-state index >= 15 is 0 Å². The molecule has 0 saturated carbocycles. The minimum absolute atomic E-state index is 0.606. The highest BCUT2D eigenvalue weighted by molar-refractivity contribution is 7.56. The highest BCUT2D eigenvalue weighted by Gasteiger charge is 2.48. The first-order valence-corrected chi connectivity index (χ1v) is 13.9. The Hall–Kier alpha value is -2.54. The molecule has 34 heavy (non-hydrogen) atoms. The molecule has 6 heteroatoms. The average Bonchev–Trinajstić information content (AvgIpc) is 2.78. The maximum absolute atomic E-state index is 13.6. The number of hydrogen-bond acceptors (Lipinski definition) is 4. The van der Waals surface area contributed by atoms with Gasteiger partial charge >= 0.3 is 26.3 Å². The molecular weight excluding hydrogens is 462 g/mol. The summed E-state index contributed by atoms with van der Waals surface area (Å²) >= 11 is 0. The summed E-state index contributed by atoms with van der Waals surface area (Å²) in [5, 5.41) is -0.675. The van der Waals surface area contributed by atoms with E-state index in [1.54, 1.807) is 24.3 Å². The third-order valence-corrected chi connectivity index (χ3v) is 9.43. The van der Waals surface area contributed by atoms with Gasteiger partial charge in [-0.25, -0.2) is 0 Å². The normalized spacial score (nSPS) is 12.8. The van der Waals surface area contributed by atoms with Crippen molar-refractivity contribution in [3.63, 3.8) is 0 Å². The van der Waals surface area contributed by atoms with E-state index in [0.717, 1.165) is 33.8 Å². The molecule has 0 aliphatic heterocycles. The van der Waals surface area contributed by atoms with Crippen LogP contribution in [0.2, 0.25) is 0 Å². The van der Waals surface area contributed by atoms with Crippen molar-refractivity contribution in [2.45, 2.75) is 66.1 Å². The van der Waals surface area contributed by atoms with Crippen LogP contribution in [-0.4, -0.2) is 10.7 Å². The number of para-hydroxylation sites is 2. The Bertz CT molecular complexity index is 1110. The molecule has 2 atom stereocenters. The van der Waals surface area contributed by atoms with Gasteiger partial charge in [-0.2, -0.15) is 0 Å². The first kappa shape index (κ1) is 26.1. The molecule has 178 valence electrons. The third kappa shape index (κ3) is 5.57. The molecule has 0 aliphatic carbocycles. The minimum atomic E-state index is -1.94. The molecular formula is C28H34O4P2+2. The summed E-state index contributed by atoms with van der Waals surface area (Å²) in [7, 11) is -3.89. The first-order valence-electron chi connectivity index (χ1n) is 11.4. The van der Waals surface area contributed by atoms with Gasteiger partial charge < -0.3 is 9.47 Å². The molecule has 3 aromatic carbocycles. The van der Waals surface area contributed by atoms with Crippen LogP contribution < -0.4 is 20.1 Å². The van der Waals surface area contributed by atoms with E-state index < -0.39 is 26.3 Å². The van der Waals surface area contributed by atoms with Crippen LogP contribution in [0.4, 0.5) is 0 Å². The van der Waals surface area contributed by atoms with Crippen molar-refractivity contribution in [1.29, 1.82) is 0 Å². The van der Waals surface area contributed by atoms with Crippen molar-refractivity contribution < 1.29 is 18.6 Å². The number of ether oxygens (including phenoxy) is 2. The summed E-state index contributed by atoms with van der Waals surface area (Å²) in [6.07, 6.45) is 0. The highest BCUT2D eigenvalue weighted by Crippen LogP contribution is 2.44. The van der Waals surface area contributed by atoms with E-state index in [0.29, 0.717) is 10.6 Å². The molecule has 3 rings (SSSR count). The van der Waals surface area contributed by atoms with Crippen molar-refractivity contribution in [1.82, 2.24) is 0 Å². The predicted octanol–water partition coefficient (Wildman–Crippen LogP) is 7.46. The summed E-state index contributed by atoms with van der Waals surface area (Å²) in [5.41, 5.74) is 4.00. The van der Waals surface area contributed by atoms with E-state index in [2.05, 4.69) is 0 Å². The second kappa shape index (κ2) is 9.98. The van der Waals surface area contributed by atoms with Gasteiger partial charge in [0.15, 0.2) is 10.6 Å².